The Balaban J connectivity index is 2.03. The molecule has 5 nitrogen and oxygen atoms in total. The van der Waals surface area contributed by atoms with Crippen molar-refractivity contribution >= 4 is 29.2 Å². The monoisotopic (exact) mass is 303 g/mol. The first-order valence-electron chi connectivity index (χ1n) is 6.24. The van der Waals surface area contributed by atoms with E-state index in [1.807, 2.05) is 18.2 Å². The molecule has 0 aliphatic heterocycles. The Labute approximate surface area is 127 Å². The number of nitrogens with two attached hydrogens (primary N) is 1. The van der Waals surface area contributed by atoms with Crippen LogP contribution in [-0.4, -0.2) is 11.9 Å². The zero-order chi connectivity index (χ0) is 15.2. The summed E-state index contributed by atoms with van der Waals surface area (Å²) >= 11 is 6.02. The quantitative estimate of drug-likeness (QED) is 0.811. The lowest BCUT2D eigenvalue weighted by molar-refractivity contribution is 0.0951. The molecule has 0 aliphatic rings. The van der Waals surface area contributed by atoms with Crippen molar-refractivity contribution in [3.05, 3.63) is 64.7 Å². The van der Waals surface area contributed by atoms with Crippen LogP contribution in [0, 0.1) is 0 Å². The molecule has 0 atom stereocenters. The maximum atomic E-state index is 12.1. The molecule has 0 bridgehead atoms. The van der Waals surface area contributed by atoms with Crippen molar-refractivity contribution in [1.82, 2.24) is 5.32 Å². The number of benzene rings is 2. The summed E-state index contributed by atoms with van der Waals surface area (Å²) < 4.78 is 0. The van der Waals surface area contributed by atoms with Crippen LogP contribution in [0.5, 0.6) is 0 Å². The minimum Gasteiger partial charge on any atom is -0.351 e. The Kier molecular flexibility index (Phi) is 4.79. The number of nitrogens with one attached hydrogen (secondary N) is 2. The van der Waals surface area contributed by atoms with Crippen molar-refractivity contribution in [2.75, 3.05) is 5.32 Å². The highest BCUT2D eigenvalue weighted by Crippen LogP contribution is 2.15. The highest BCUT2D eigenvalue weighted by molar-refractivity contribution is 6.31. The average Bonchev–Trinajstić information content (AvgIpc) is 2.45. The summed E-state index contributed by atoms with van der Waals surface area (Å²) in [6, 6.07) is 13.1. The molecule has 21 heavy (non-hydrogen) atoms. The summed E-state index contributed by atoms with van der Waals surface area (Å²) in [5.41, 5.74) is 6.76. The van der Waals surface area contributed by atoms with Gasteiger partial charge in [0.25, 0.3) is 5.91 Å². The van der Waals surface area contributed by atoms with Gasteiger partial charge in [0.2, 0.25) is 0 Å². The van der Waals surface area contributed by atoms with Crippen LogP contribution in [0.15, 0.2) is 48.5 Å². The van der Waals surface area contributed by atoms with Gasteiger partial charge in [-0.1, -0.05) is 35.9 Å². The van der Waals surface area contributed by atoms with Gasteiger partial charge in [-0.25, -0.2) is 4.79 Å². The topological polar surface area (TPSA) is 84.2 Å². The molecule has 108 valence electrons. The van der Waals surface area contributed by atoms with Gasteiger partial charge in [-0.15, -0.1) is 0 Å². The molecule has 3 amide bonds. The summed E-state index contributed by atoms with van der Waals surface area (Å²) in [5.74, 6) is -0.261. The van der Waals surface area contributed by atoms with Gasteiger partial charge in [-0.2, -0.15) is 0 Å². The van der Waals surface area contributed by atoms with Crippen LogP contribution in [0.4, 0.5) is 10.5 Å². The van der Waals surface area contributed by atoms with E-state index >= 15 is 0 Å². The van der Waals surface area contributed by atoms with Crippen molar-refractivity contribution < 1.29 is 9.59 Å². The number of carbonyl (C=O) groups excluding carboxylic acids is 2. The SMILES string of the molecule is NC(=O)Nc1cccc(C(=O)NCc2ccccc2Cl)c1. The van der Waals surface area contributed by atoms with Crippen LogP contribution in [0.3, 0.4) is 0 Å². The number of rotatable bonds is 4. The van der Waals surface area contributed by atoms with Gasteiger partial charge >= 0.3 is 6.03 Å². The minimum absolute atomic E-state index is 0.261. The van der Waals surface area contributed by atoms with E-state index in [1.165, 1.54) is 0 Å². The highest BCUT2D eigenvalue weighted by atomic mass is 35.5. The van der Waals surface area contributed by atoms with Crippen LogP contribution in [0.2, 0.25) is 5.02 Å². The zero-order valence-electron chi connectivity index (χ0n) is 11.1. The van der Waals surface area contributed by atoms with Gasteiger partial charge in [0.1, 0.15) is 0 Å². The van der Waals surface area contributed by atoms with Crippen molar-refractivity contribution in [3.63, 3.8) is 0 Å². The van der Waals surface area contributed by atoms with Gasteiger partial charge in [-0.05, 0) is 29.8 Å². The molecule has 0 radical (unpaired) electrons. The van der Waals surface area contributed by atoms with E-state index in [0.717, 1.165) is 5.56 Å². The van der Waals surface area contributed by atoms with Crippen LogP contribution in [-0.2, 0) is 6.54 Å². The summed E-state index contributed by atoms with van der Waals surface area (Å²) in [7, 11) is 0. The molecule has 2 aromatic carbocycles. The predicted octanol–water partition coefficient (Wildman–Crippen LogP) is 2.76. The molecule has 2 aromatic rings. The molecule has 0 aromatic heterocycles. The number of hydrogen-bond acceptors (Lipinski definition) is 2. The van der Waals surface area contributed by atoms with E-state index in [0.29, 0.717) is 22.8 Å². The first-order chi connectivity index (χ1) is 10.1. The molecule has 0 aliphatic carbocycles. The van der Waals surface area contributed by atoms with Crippen molar-refractivity contribution in [3.8, 4) is 0 Å². The van der Waals surface area contributed by atoms with Crippen LogP contribution >= 0.6 is 11.6 Å². The summed E-state index contributed by atoms with van der Waals surface area (Å²) in [4.78, 5) is 22.9. The lowest BCUT2D eigenvalue weighted by atomic mass is 10.1. The lowest BCUT2D eigenvalue weighted by Gasteiger charge is -2.08. The van der Waals surface area contributed by atoms with Crippen LogP contribution in [0.25, 0.3) is 0 Å². The predicted molar refractivity (Wildman–Crippen MR) is 82.3 cm³/mol. The van der Waals surface area contributed by atoms with Gasteiger partial charge in [-0.3, -0.25) is 4.79 Å². The highest BCUT2D eigenvalue weighted by Gasteiger charge is 2.07. The van der Waals surface area contributed by atoms with Crippen LogP contribution in [0.1, 0.15) is 15.9 Å². The third-order valence-corrected chi connectivity index (χ3v) is 3.16. The molecule has 0 fully saturated rings. The second-order valence-corrected chi connectivity index (χ2v) is 4.75. The normalized spacial score (nSPS) is 9.95. The van der Waals surface area contributed by atoms with Crippen molar-refractivity contribution in [2.24, 2.45) is 5.73 Å². The first-order valence-corrected chi connectivity index (χ1v) is 6.62. The van der Waals surface area contributed by atoms with E-state index in [1.54, 1.807) is 30.3 Å². The summed E-state index contributed by atoms with van der Waals surface area (Å²) in [5, 5.41) is 5.79. The van der Waals surface area contributed by atoms with E-state index in [9.17, 15) is 9.59 Å². The largest absolute Gasteiger partial charge is 0.351 e. The van der Waals surface area contributed by atoms with Gasteiger partial charge in [0, 0.05) is 22.8 Å². The molecule has 0 saturated heterocycles. The standard InChI is InChI=1S/C15H14ClN3O2/c16-13-7-2-1-4-11(13)9-18-14(20)10-5-3-6-12(8-10)19-15(17)21/h1-8H,9H2,(H,18,20)(H3,17,19,21). The molecule has 6 heteroatoms. The van der Waals surface area contributed by atoms with Gasteiger partial charge in [0.15, 0.2) is 0 Å². The first kappa shape index (κ1) is 14.9. The number of primary amides is 1. The van der Waals surface area contributed by atoms with Gasteiger partial charge < -0.3 is 16.4 Å². The number of amides is 3. The maximum absolute atomic E-state index is 12.1. The lowest BCUT2D eigenvalue weighted by Crippen LogP contribution is -2.23. The number of carbonyl (C=O) groups is 2. The average molecular weight is 304 g/mol. The molecular weight excluding hydrogens is 290 g/mol. The third kappa shape index (κ3) is 4.22. The Bertz CT molecular complexity index is 673. The third-order valence-electron chi connectivity index (χ3n) is 2.79. The molecule has 0 heterocycles. The minimum atomic E-state index is -0.677. The number of urea groups is 1. The molecular formula is C15H14ClN3O2. The van der Waals surface area contributed by atoms with E-state index in [2.05, 4.69) is 10.6 Å². The Morgan fingerprint density at radius 2 is 1.86 bits per heavy atom. The summed E-state index contributed by atoms with van der Waals surface area (Å²) in [6.45, 7) is 0.325. The molecule has 0 spiro atoms. The zero-order valence-corrected chi connectivity index (χ0v) is 11.9. The van der Waals surface area contributed by atoms with Crippen LogP contribution < -0.4 is 16.4 Å². The molecule has 4 N–H and O–H groups in total. The van der Waals surface area contributed by atoms with E-state index in [4.69, 9.17) is 17.3 Å². The molecule has 2 rings (SSSR count). The Hall–Kier alpha value is -2.53. The number of halogens is 1. The van der Waals surface area contributed by atoms with Crippen molar-refractivity contribution in [1.29, 1.82) is 0 Å². The fourth-order valence-electron chi connectivity index (χ4n) is 1.80. The second kappa shape index (κ2) is 6.76. The Morgan fingerprint density at radius 1 is 1.10 bits per heavy atom. The fraction of sp³-hybridized carbons (Fsp3) is 0.0667. The fourth-order valence-corrected chi connectivity index (χ4v) is 2.00. The Morgan fingerprint density at radius 3 is 2.57 bits per heavy atom. The smallest absolute Gasteiger partial charge is 0.316 e. The van der Waals surface area contributed by atoms with E-state index < -0.39 is 6.03 Å². The maximum Gasteiger partial charge on any atom is 0.316 e. The summed E-state index contributed by atoms with van der Waals surface area (Å²) in [6.07, 6.45) is 0. The van der Waals surface area contributed by atoms with E-state index in [-0.39, 0.29) is 5.91 Å². The second-order valence-electron chi connectivity index (χ2n) is 4.34. The van der Waals surface area contributed by atoms with Gasteiger partial charge in [0.05, 0.1) is 0 Å². The van der Waals surface area contributed by atoms with Crippen molar-refractivity contribution in [2.45, 2.75) is 6.54 Å². The molecule has 0 saturated carbocycles. The number of hydrogen-bond donors (Lipinski definition) is 3. The number of anilines is 1. The molecule has 0 unspecified atom stereocenters.